The highest BCUT2D eigenvalue weighted by Crippen LogP contribution is 2.20. The molecule has 0 saturated heterocycles. The fourth-order valence-electron chi connectivity index (χ4n) is 0.859. The Bertz CT molecular complexity index is 356. The zero-order valence-electron chi connectivity index (χ0n) is 7.19. The predicted octanol–water partition coefficient (Wildman–Crippen LogP) is 2.25. The number of benzene rings is 1. The number of carbonyl (C=O) groups is 1. The van der Waals surface area contributed by atoms with Crippen LogP contribution in [0.25, 0.3) is 6.08 Å². The molecule has 0 aliphatic rings. The molecular formula is C10H10O2S. The van der Waals surface area contributed by atoms with Crippen molar-refractivity contribution in [2.45, 2.75) is 6.92 Å². The number of rotatable bonds is 2. The van der Waals surface area contributed by atoms with E-state index in [1.807, 2.05) is 0 Å². The van der Waals surface area contributed by atoms with Gasteiger partial charge in [-0.2, -0.15) is 0 Å². The standard InChI is InChI=1S/C10H10O2S/c1-7(11)10(13)6-8-4-2-3-5-9(8)12/h2-6,12-13H,1H3/b10-6-. The molecule has 1 aromatic rings. The van der Waals surface area contributed by atoms with Gasteiger partial charge in [0.2, 0.25) is 0 Å². The smallest absolute Gasteiger partial charge is 0.165 e. The van der Waals surface area contributed by atoms with Crippen LogP contribution in [0.1, 0.15) is 12.5 Å². The number of Topliss-reactive ketones (excluding diaryl/α,β-unsaturated/α-hetero) is 1. The van der Waals surface area contributed by atoms with Gasteiger partial charge in [0.05, 0.1) is 0 Å². The number of para-hydroxylation sites is 1. The molecule has 0 saturated carbocycles. The Morgan fingerprint density at radius 3 is 2.62 bits per heavy atom. The first-order chi connectivity index (χ1) is 6.11. The Hall–Kier alpha value is -1.22. The Morgan fingerprint density at radius 2 is 2.08 bits per heavy atom. The van der Waals surface area contributed by atoms with E-state index in [4.69, 9.17) is 0 Å². The monoisotopic (exact) mass is 194 g/mol. The largest absolute Gasteiger partial charge is 0.507 e. The van der Waals surface area contributed by atoms with Gasteiger partial charge in [-0.15, -0.1) is 12.6 Å². The topological polar surface area (TPSA) is 37.3 Å². The fraction of sp³-hybridized carbons (Fsp3) is 0.100. The van der Waals surface area contributed by atoms with Gasteiger partial charge < -0.3 is 5.11 Å². The number of carbonyl (C=O) groups excluding carboxylic acids is 1. The molecule has 0 aromatic heterocycles. The van der Waals surface area contributed by atoms with Gasteiger partial charge in [0.25, 0.3) is 0 Å². The Kier molecular flexibility index (Phi) is 3.14. The van der Waals surface area contributed by atoms with Crippen LogP contribution < -0.4 is 0 Å². The van der Waals surface area contributed by atoms with Crippen molar-refractivity contribution in [3.05, 3.63) is 34.7 Å². The van der Waals surface area contributed by atoms with Crippen LogP contribution >= 0.6 is 12.6 Å². The van der Waals surface area contributed by atoms with Gasteiger partial charge in [-0.3, -0.25) is 4.79 Å². The molecule has 0 heterocycles. The second-order valence-electron chi connectivity index (χ2n) is 2.64. The van der Waals surface area contributed by atoms with E-state index in [1.54, 1.807) is 30.3 Å². The second-order valence-corrected chi connectivity index (χ2v) is 3.13. The van der Waals surface area contributed by atoms with Crippen molar-refractivity contribution >= 4 is 24.5 Å². The average Bonchev–Trinajstić information content (AvgIpc) is 2.08. The van der Waals surface area contributed by atoms with Gasteiger partial charge in [-0.05, 0) is 19.1 Å². The molecule has 0 fully saturated rings. The zero-order valence-corrected chi connectivity index (χ0v) is 8.08. The van der Waals surface area contributed by atoms with E-state index in [9.17, 15) is 9.90 Å². The van der Waals surface area contributed by atoms with Crippen molar-refractivity contribution in [3.8, 4) is 5.75 Å². The SMILES string of the molecule is CC(=O)/C(S)=C/c1ccccc1O. The molecule has 0 bridgehead atoms. The molecule has 2 nitrogen and oxygen atoms in total. The second kappa shape index (κ2) is 4.14. The van der Waals surface area contributed by atoms with Crippen LogP contribution in [-0.4, -0.2) is 10.9 Å². The minimum atomic E-state index is -0.119. The summed E-state index contributed by atoms with van der Waals surface area (Å²) in [6.07, 6.45) is 1.54. The van der Waals surface area contributed by atoms with Crippen LogP contribution in [0, 0.1) is 0 Å². The maximum Gasteiger partial charge on any atom is 0.165 e. The predicted molar refractivity (Wildman–Crippen MR) is 55.8 cm³/mol. The minimum absolute atomic E-state index is 0.119. The van der Waals surface area contributed by atoms with E-state index < -0.39 is 0 Å². The van der Waals surface area contributed by atoms with Crippen LogP contribution in [0.15, 0.2) is 29.2 Å². The van der Waals surface area contributed by atoms with Crippen molar-refractivity contribution in [1.82, 2.24) is 0 Å². The van der Waals surface area contributed by atoms with Crippen molar-refractivity contribution in [3.63, 3.8) is 0 Å². The van der Waals surface area contributed by atoms with Gasteiger partial charge in [0, 0.05) is 10.5 Å². The van der Waals surface area contributed by atoms with E-state index in [0.29, 0.717) is 10.5 Å². The average molecular weight is 194 g/mol. The molecule has 1 rings (SSSR count). The normalized spacial score (nSPS) is 11.4. The first-order valence-electron chi connectivity index (χ1n) is 3.81. The molecule has 0 aliphatic carbocycles. The third-order valence-electron chi connectivity index (χ3n) is 1.59. The molecular weight excluding hydrogens is 184 g/mol. The van der Waals surface area contributed by atoms with E-state index >= 15 is 0 Å². The maximum atomic E-state index is 10.8. The molecule has 0 radical (unpaired) electrons. The molecule has 0 aliphatic heterocycles. The summed E-state index contributed by atoms with van der Waals surface area (Å²) in [5.74, 6) is 0.0295. The molecule has 0 amide bonds. The van der Waals surface area contributed by atoms with E-state index in [-0.39, 0.29) is 11.5 Å². The van der Waals surface area contributed by atoms with Gasteiger partial charge in [-0.1, -0.05) is 18.2 Å². The van der Waals surface area contributed by atoms with E-state index in [0.717, 1.165) is 0 Å². The summed E-state index contributed by atoms with van der Waals surface area (Å²) in [7, 11) is 0. The minimum Gasteiger partial charge on any atom is -0.507 e. The summed E-state index contributed by atoms with van der Waals surface area (Å²) in [4.78, 5) is 11.2. The van der Waals surface area contributed by atoms with Crippen molar-refractivity contribution in [1.29, 1.82) is 0 Å². The number of hydrogen-bond donors (Lipinski definition) is 2. The Balaban J connectivity index is 3.04. The van der Waals surface area contributed by atoms with Crippen LogP contribution in [-0.2, 0) is 4.79 Å². The first-order valence-corrected chi connectivity index (χ1v) is 4.25. The quantitative estimate of drug-likeness (QED) is 0.559. The summed E-state index contributed by atoms with van der Waals surface area (Å²) in [5.41, 5.74) is 0.600. The Morgan fingerprint density at radius 1 is 1.46 bits per heavy atom. The lowest BCUT2D eigenvalue weighted by Crippen LogP contribution is -1.88. The van der Waals surface area contributed by atoms with Gasteiger partial charge in [0.15, 0.2) is 5.78 Å². The summed E-state index contributed by atoms with van der Waals surface area (Å²) in [5, 5.41) is 9.35. The molecule has 1 aromatic carbocycles. The van der Waals surface area contributed by atoms with E-state index in [2.05, 4.69) is 12.6 Å². The van der Waals surface area contributed by atoms with Gasteiger partial charge in [0.1, 0.15) is 5.75 Å². The first kappa shape index (κ1) is 9.86. The molecule has 0 unspecified atom stereocenters. The summed E-state index contributed by atoms with van der Waals surface area (Å²) in [6, 6.07) is 6.78. The molecule has 13 heavy (non-hydrogen) atoms. The summed E-state index contributed by atoms with van der Waals surface area (Å²) < 4.78 is 0. The lowest BCUT2D eigenvalue weighted by Gasteiger charge is -1.98. The number of allylic oxidation sites excluding steroid dienone is 1. The van der Waals surface area contributed by atoms with Crippen LogP contribution in [0.3, 0.4) is 0 Å². The maximum absolute atomic E-state index is 10.8. The zero-order chi connectivity index (χ0) is 9.84. The van der Waals surface area contributed by atoms with Crippen molar-refractivity contribution in [2.75, 3.05) is 0 Å². The highest BCUT2D eigenvalue weighted by atomic mass is 32.1. The highest BCUT2D eigenvalue weighted by molar-refractivity contribution is 7.85. The van der Waals surface area contributed by atoms with Gasteiger partial charge in [-0.25, -0.2) is 0 Å². The summed E-state index contributed by atoms with van der Waals surface area (Å²) in [6.45, 7) is 1.43. The lowest BCUT2D eigenvalue weighted by atomic mass is 10.2. The number of phenolic OH excluding ortho intramolecular Hbond substituents is 1. The van der Waals surface area contributed by atoms with Crippen molar-refractivity contribution in [2.24, 2.45) is 0 Å². The third kappa shape index (κ3) is 2.63. The highest BCUT2D eigenvalue weighted by Gasteiger charge is 2.00. The fourth-order valence-corrected chi connectivity index (χ4v) is 0.998. The lowest BCUT2D eigenvalue weighted by molar-refractivity contribution is -0.112. The number of hydrogen-bond acceptors (Lipinski definition) is 3. The third-order valence-corrected chi connectivity index (χ3v) is 2.03. The number of thiol groups is 1. The molecule has 0 atom stereocenters. The van der Waals surface area contributed by atoms with E-state index in [1.165, 1.54) is 6.92 Å². The van der Waals surface area contributed by atoms with Crippen LogP contribution in [0.4, 0.5) is 0 Å². The van der Waals surface area contributed by atoms with Crippen LogP contribution in [0.5, 0.6) is 5.75 Å². The molecule has 68 valence electrons. The molecule has 3 heteroatoms. The Labute approximate surface area is 82.3 Å². The van der Waals surface area contributed by atoms with Crippen LogP contribution in [0.2, 0.25) is 0 Å². The van der Waals surface area contributed by atoms with Crippen molar-refractivity contribution < 1.29 is 9.90 Å². The molecule has 1 N–H and O–H groups in total. The van der Waals surface area contributed by atoms with Gasteiger partial charge >= 0.3 is 0 Å². The summed E-state index contributed by atoms with van der Waals surface area (Å²) >= 11 is 3.98. The number of aromatic hydroxyl groups is 1. The number of ketones is 1. The molecule has 0 spiro atoms. The number of phenols is 1.